The number of anilines is 3. The van der Waals surface area contributed by atoms with E-state index in [9.17, 15) is 0 Å². The van der Waals surface area contributed by atoms with Crippen LogP contribution >= 0.6 is 0 Å². The molecule has 2 aromatic heterocycles. The Hall–Kier alpha value is -2.25. The Morgan fingerprint density at radius 1 is 1.29 bits per heavy atom. The molecule has 1 unspecified atom stereocenters. The van der Waals surface area contributed by atoms with Gasteiger partial charge >= 0.3 is 0 Å². The van der Waals surface area contributed by atoms with E-state index in [4.69, 9.17) is 4.74 Å². The Labute approximate surface area is 123 Å². The molecule has 3 rings (SSSR count). The fraction of sp³-hybridized carbons (Fsp3) is 0.357. The standard InChI is InChI=1S/C14H18N6O/c1-15-12-4-6-18-14(20-12)19-10-3-2-5-17-13(10)11-9-16-7-8-21-11/h2-6,11,16H,7-9H2,1H3,(H2,15,18,19,20). The molecule has 0 spiro atoms. The van der Waals surface area contributed by atoms with Gasteiger partial charge in [0.25, 0.3) is 0 Å². The van der Waals surface area contributed by atoms with Crippen LogP contribution in [0.1, 0.15) is 11.8 Å². The van der Waals surface area contributed by atoms with Crippen LogP contribution in [0.4, 0.5) is 17.5 Å². The first kappa shape index (κ1) is 13.7. The van der Waals surface area contributed by atoms with Gasteiger partial charge in [-0.15, -0.1) is 0 Å². The van der Waals surface area contributed by atoms with E-state index >= 15 is 0 Å². The van der Waals surface area contributed by atoms with Gasteiger partial charge < -0.3 is 20.7 Å². The van der Waals surface area contributed by atoms with E-state index in [0.29, 0.717) is 12.6 Å². The second-order valence-corrected chi connectivity index (χ2v) is 4.64. The quantitative estimate of drug-likeness (QED) is 0.781. The van der Waals surface area contributed by atoms with E-state index in [1.54, 1.807) is 12.4 Å². The van der Waals surface area contributed by atoms with Gasteiger partial charge in [0.2, 0.25) is 5.95 Å². The smallest absolute Gasteiger partial charge is 0.229 e. The number of ether oxygens (including phenoxy) is 1. The summed E-state index contributed by atoms with van der Waals surface area (Å²) in [6.07, 6.45) is 3.41. The van der Waals surface area contributed by atoms with Crippen molar-refractivity contribution >= 4 is 17.5 Å². The predicted octanol–water partition coefficient (Wildman–Crippen LogP) is 1.32. The molecule has 3 N–H and O–H groups in total. The van der Waals surface area contributed by atoms with E-state index in [0.717, 1.165) is 30.3 Å². The number of pyridine rings is 1. The van der Waals surface area contributed by atoms with E-state index in [1.165, 1.54) is 0 Å². The van der Waals surface area contributed by atoms with Crippen LogP contribution in [0.2, 0.25) is 0 Å². The van der Waals surface area contributed by atoms with Gasteiger partial charge in [-0.3, -0.25) is 4.98 Å². The first-order valence-electron chi connectivity index (χ1n) is 6.92. The molecular formula is C14H18N6O. The lowest BCUT2D eigenvalue weighted by Gasteiger charge is -2.24. The van der Waals surface area contributed by atoms with Gasteiger partial charge in [-0.2, -0.15) is 4.98 Å². The minimum atomic E-state index is -0.0602. The Bertz CT molecular complexity index is 600. The molecule has 3 heterocycles. The molecule has 0 radical (unpaired) electrons. The average Bonchev–Trinajstić information content (AvgIpc) is 2.56. The van der Waals surface area contributed by atoms with E-state index in [2.05, 4.69) is 30.9 Å². The molecule has 1 aliphatic rings. The van der Waals surface area contributed by atoms with Crippen molar-refractivity contribution in [1.29, 1.82) is 0 Å². The van der Waals surface area contributed by atoms with Crippen molar-refractivity contribution in [3.8, 4) is 0 Å². The van der Waals surface area contributed by atoms with Gasteiger partial charge in [-0.05, 0) is 18.2 Å². The van der Waals surface area contributed by atoms with Crippen molar-refractivity contribution in [2.75, 3.05) is 37.4 Å². The van der Waals surface area contributed by atoms with Gasteiger partial charge in [0.05, 0.1) is 18.0 Å². The number of morpholine rings is 1. The number of nitrogens with zero attached hydrogens (tertiary/aromatic N) is 3. The lowest BCUT2D eigenvalue weighted by atomic mass is 10.1. The summed E-state index contributed by atoms with van der Waals surface area (Å²) >= 11 is 0. The number of hydrogen-bond acceptors (Lipinski definition) is 7. The zero-order valence-corrected chi connectivity index (χ0v) is 11.8. The minimum Gasteiger partial charge on any atom is -0.373 e. The maximum absolute atomic E-state index is 5.77. The maximum atomic E-state index is 5.77. The summed E-state index contributed by atoms with van der Waals surface area (Å²) in [6, 6.07) is 5.64. The fourth-order valence-electron chi connectivity index (χ4n) is 2.20. The van der Waals surface area contributed by atoms with E-state index in [1.807, 2.05) is 25.2 Å². The molecule has 1 fully saturated rings. The lowest BCUT2D eigenvalue weighted by Crippen LogP contribution is -2.34. The Balaban J connectivity index is 1.84. The molecule has 0 amide bonds. The normalized spacial score (nSPS) is 18.2. The molecule has 0 aliphatic carbocycles. The van der Waals surface area contributed by atoms with Gasteiger partial charge in [0, 0.05) is 32.5 Å². The SMILES string of the molecule is CNc1ccnc(Nc2cccnc2C2CNCCO2)n1. The van der Waals surface area contributed by atoms with Crippen LogP contribution in [-0.4, -0.2) is 41.7 Å². The van der Waals surface area contributed by atoms with Crippen LogP contribution in [0.3, 0.4) is 0 Å². The van der Waals surface area contributed by atoms with Crippen molar-refractivity contribution < 1.29 is 4.74 Å². The summed E-state index contributed by atoms with van der Waals surface area (Å²) in [6.45, 7) is 2.31. The highest BCUT2D eigenvalue weighted by Gasteiger charge is 2.20. The van der Waals surface area contributed by atoms with Crippen molar-refractivity contribution in [2.45, 2.75) is 6.10 Å². The van der Waals surface area contributed by atoms with Crippen LogP contribution in [0.25, 0.3) is 0 Å². The molecule has 7 nitrogen and oxygen atoms in total. The van der Waals surface area contributed by atoms with Crippen LogP contribution < -0.4 is 16.0 Å². The zero-order valence-electron chi connectivity index (χ0n) is 11.8. The predicted molar refractivity (Wildman–Crippen MR) is 80.7 cm³/mol. The topological polar surface area (TPSA) is 84.0 Å². The Morgan fingerprint density at radius 2 is 2.24 bits per heavy atom. The maximum Gasteiger partial charge on any atom is 0.229 e. The van der Waals surface area contributed by atoms with Crippen LogP contribution in [-0.2, 0) is 4.74 Å². The summed E-state index contributed by atoms with van der Waals surface area (Å²) in [5, 5.41) is 9.51. The highest BCUT2D eigenvalue weighted by molar-refractivity contribution is 5.58. The van der Waals surface area contributed by atoms with Crippen molar-refractivity contribution in [1.82, 2.24) is 20.3 Å². The molecule has 0 bridgehead atoms. The second-order valence-electron chi connectivity index (χ2n) is 4.64. The summed E-state index contributed by atoms with van der Waals surface area (Å²) in [4.78, 5) is 13.0. The van der Waals surface area contributed by atoms with E-state index < -0.39 is 0 Å². The number of aromatic nitrogens is 3. The minimum absolute atomic E-state index is 0.0602. The third-order valence-electron chi connectivity index (χ3n) is 3.23. The fourth-order valence-corrected chi connectivity index (χ4v) is 2.20. The van der Waals surface area contributed by atoms with Crippen molar-refractivity contribution in [2.24, 2.45) is 0 Å². The van der Waals surface area contributed by atoms with Crippen LogP contribution in [0, 0.1) is 0 Å². The average molecular weight is 286 g/mol. The molecular weight excluding hydrogens is 268 g/mol. The summed E-state index contributed by atoms with van der Waals surface area (Å²) in [5.74, 6) is 1.29. The first-order chi connectivity index (χ1) is 10.4. The molecule has 1 atom stereocenters. The number of hydrogen-bond donors (Lipinski definition) is 3. The lowest BCUT2D eigenvalue weighted by molar-refractivity contribution is 0.0255. The van der Waals surface area contributed by atoms with Gasteiger partial charge in [-0.1, -0.05) is 0 Å². The summed E-state index contributed by atoms with van der Waals surface area (Å²) in [7, 11) is 1.82. The zero-order chi connectivity index (χ0) is 14.5. The molecule has 0 saturated carbocycles. The Morgan fingerprint density at radius 3 is 3.05 bits per heavy atom. The summed E-state index contributed by atoms with van der Waals surface area (Å²) < 4.78 is 5.77. The molecule has 7 heteroatoms. The molecule has 21 heavy (non-hydrogen) atoms. The van der Waals surface area contributed by atoms with Crippen molar-refractivity contribution in [3.05, 3.63) is 36.3 Å². The second kappa shape index (κ2) is 6.47. The third kappa shape index (κ3) is 3.26. The Kier molecular flexibility index (Phi) is 4.23. The van der Waals surface area contributed by atoms with Crippen molar-refractivity contribution in [3.63, 3.8) is 0 Å². The number of nitrogens with one attached hydrogen (secondary N) is 3. The summed E-state index contributed by atoms with van der Waals surface area (Å²) in [5.41, 5.74) is 1.72. The van der Waals surface area contributed by atoms with E-state index in [-0.39, 0.29) is 6.10 Å². The van der Waals surface area contributed by atoms with Crippen LogP contribution in [0.15, 0.2) is 30.6 Å². The van der Waals surface area contributed by atoms with Gasteiger partial charge in [0.1, 0.15) is 11.9 Å². The highest BCUT2D eigenvalue weighted by Crippen LogP contribution is 2.26. The first-order valence-corrected chi connectivity index (χ1v) is 6.92. The monoisotopic (exact) mass is 286 g/mol. The molecule has 1 aliphatic heterocycles. The van der Waals surface area contributed by atoms with Gasteiger partial charge in [0.15, 0.2) is 0 Å². The largest absolute Gasteiger partial charge is 0.373 e. The van der Waals surface area contributed by atoms with Gasteiger partial charge in [-0.25, -0.2) is 4.98 Å². The van der Waals surface area contributed by atoms with Crippen LogP contribution in [0.5, 0.6) is 0 Å². The molecule has 110 valence electrons. The molecule has 0 aromatic carbocycles. The molecule has 1 saturated heterocycles. The highest BCUT2D eigenvalue weighted by atomic mass is 16.5. The molecule has 2 aromatic rings. The third-order valence-corrected chi connectivity index (χ3v) is 3.23. The number of rotatable bonds is 4.